The van der Waals surface area contributed by atoms with Gasteiger partial charge >= 0.3 is 0 Å². The van der Waals surface area contributed by atoms with Crippen molar-refractivity contribution >= 4 is 17.5 Å². The number of ether oxygens (including phenoxy) is 1. The summed E-state index contributed by atoms with van der Waals surface area (Å²) in [7, 11) is 1.83. The maximum atomic E-state index is 13.1. The third-order valence-corrected chi connectivity index (χ3v) is 5.82. The van der Waals surface area contributed by atoms with Crippen LogP contribution in [0.3, 0.4) is 0 Å². The zero-order chi connectivity index (χ0) is 17.6. The molecule has 0 N–H and O–H groups in total. The van der Waals surface area contributed by atoms with Crippen LogP contribution in [0.15, 0.2) is 24.3 Å². The lowest BCUT2D eigenvalue weighted by molar-refractivity contribution is -0.131. The van der Waals surface area contributed by atoms with Crippen LogP contribution in [0.5, 0.6) is 5.75 Å². The van der Waals surface area contributed by atoms with Crippen molar-refractivity contribution in [2.75, 3.05) is 31.6 Å². The molecule has 6 nitrogen and oxygen atoms in total. The van der Waals surface area contributed by atoms with E-state index in [2.05, 4.69) is 4.90 Å². The highest BCUT2D eigenvalue weighted by Gasteiger charge is 2.45. The Morgan fingerprint density at radius 3 is 2.64 bits per heavy atom. The average molecular weight is 343 g/mol. The molecule has 2 bridgehead atoms. The summed E-state index contributed by atoms with van der Waals surface area (Å²) in [6, 6.07) is 7.97. The lowest BCUT2D eigenvalue weighted by Crippen LogP contribution is -2.52. The van der Waals surface area contributed by atoms with Gasteiger partial charge in [0.2, 0.25) is 11.8 Å². The second-order valence-corrected chi connectivity index (χ2v) is 7.29. The lowest BCUT2D eigenvalue weighted by atomic mass is 10.0. The van der Waals surface area contributed by atoms with Crippen LogP contribution in [0.2, 0.25) is 0 Å². The van der Waals surface area contributed by atoms with Crippen molar-refractivity contribution in [2.24, 2.45) is 0 Å². The number of carbonyl (C=O) groups excluding carboxylic acids is 2. The number of fused-ring (bicyclic) bond motifs is 3. The average Bonchev–Trinajstić information content (AvgIpc) is 3.05. The topological polar surface area (TPSA) is 53.1 Å². The molecule has 0 radical (unpaired) electrons. The molecule has 0 unspecified atom stereocenters. The number of para-hydroxylation sites is 2. The third-order valence-electron chi connectivity index (χ3n) is 5.82. The van der Waals surface area contributed by atoms with Gasteiger partial charge in [0.25, 0.3) is 0 Å². The van der Waals surface area contributed by atoms with Crippen LogP contribution < -0.4 is 9.64 Å². The van der Waals surface area contributed by atoms with Gasteiger partial charge in [-0.2, -0.15) is 0 Å². The van der Waals surface area contributed by atoms with E-state index in [0.29, 0.717) is 6.04 Å². The zero-order valence-corrected chi connectivity index (χ0v) is 14.9. The lowest BCUT2D eigenvalue weighted by Gasteiger charge is -2.39. The van der Waals surface area contributed by atoms with E-state index in [1.54, 1.807) is 11.8 Å². The van der Waals surface area contributed by atoms with Crippen LogP contribution in [0.1, 0.15) is 26.2 Å². The standard InChI is InChI=1S/C19H25N3O3/c1-13(23)21-9-7-14(8-10-21)22-12-15-11-17(22)19(24)20(2)16-5-3-4-6-18(16)25-15/h3-6,14-15,17H,7-12H2,1-2H3/t15-,17-/m0/s1. The second-order valence-electron chi connectivity index (χ2n) is 7.29. The molecule has 25 heavy (non-hydrogen) atoms. The van der Waals surface area contributed by atoms with E-state index in [1.807, 2.05) is 36.2 Å². The first-order valence-corrected chi connectivity index (χ1v) is 9.09. The third kappa shape index (κ3) is 2.88. The molecule has 0 aliphatic carbocycles. The van der Waals surface area contributed by atoms with Gasteiger partial charge < -0.3 is 14.5 Å². The van der Waals surface area contributed by atoms with E-state index in [-0.39, 0.29) is 24.0 Å². The molecule has 0 aromatic heterocycles. The fourth-order valence-electron chi connectivity index (χ4n) is 4.42. The molecule has 2 atom stereocenters. The van der Waals surface area contributed by atoms with E-state index in [9.17, 15) is 9.59 Å². The minimum absolute atomic E-state index is 0.0506. The number of amides is 2. The van der Waals surface area contributed by atoms with Gasteiger partial charge in [-0.05, 0) is 25.0 Å². The van der Waals surface area contributed by atoms with Crippen LogP contribution in [-0.2, 0) is 9.59 Å². The van der Waals surface area contributed by atoms with E-state index < -0.39 is 0 Å². The molecule has 6 heteroatoms. The Balaban J connectivity index is 1.55. The molecule has 3 aliphatic rings. The van der Waals surface area contributed by atoms with E-state index >= 15 is 0 Å². The van der Waals surface area contributed by atoms with E-state index in [0.717, 1.165) is 50.3 Å². The number of carbonyl (C=O) groups is 2. The first-order valence-electron chi connectivity index (χ1n) is 9.09. The van der Waals surface area contributed by atoms with Gasteiger partial charge in [0.1, 0.15) is 11.9 Å². The van der Waals surface area contributed by atoms with Crippen molar-refractivity contribution in [2.45, 2.75) is 44.4 Å². The molecule has 1 aromatic carbocycles. The normalized spacial score (nSPS) is 27.5. The highest BCUT2D eigenvalue weighted by atomic mass is 16.5. The number of benzene rings is 1. The van der Waals surface area contributed by atoms with Gasteiger partial charge in [0.05, 0.1) is 11.7 Å². The number of hydrogen-bond donors (Lipinski definition) is 0. The van der Waals surface area contributed by atoms with Crippen molar-refractivity contribution in [3.8, 4) is 5.75 Å². The largest absolute Gasteiger partial charge is 0.487 e. The minimum atomic E-state index is -0.128. The minimum Gasteiger partial charge on any atom is -0.487 e. The molecular weight excluding hydrogens is 318 g/mol. The SMILES string of the molecule is CC(=O)N1CCC(N2C[C@@H]3C[C@H]2C(=O)N(C)c2ccccc2O3)CC1. The van der Waals surface area contributed by atoms with Gasteiger partial charge in [-0.15, -0.1) is 0 Å². The summed E-state index contributed by atoms with van der Waals surface area (Å²) in [5.41, 5.74) is 0.843. The van der Waals surface area contributed by atoms with Gasteiger partial charge in [-0.25, -0.2) is 0 Å². The molecule has 134 valence electrons. The number of hydrogen-bond acceptors (Lipinski definition) is 4. The summed E-state index contributed by atoms with van der Waals surface area (Å²) < 4.78 is 6.23. The number of likely N-dealkylation sites (N-methyl/N-ethyl adjacent to an activating group) is 1. The number of piperidine rings is 1. The highest BCUT2D eigenvalue weighted by Crippen LogP contribution is 2.37. The first kappa shape index (κ1) is 16.4. The molecule has 3 heterocycles. The van der Waals surface area contributed by atoms with Crippen molar-refractivity contribution in [3.05, 3.63) is 24.3 Å². The monoisotopic (exact) mass is 343 g/mol. The van der Waals surface area contributed by atoms with Crippen LogP contribution >= 0.6 is 0 Å². The van der Waals surface area contributed by atoms with Crippen molar-refractivity contribution in [1.29, 1.82) is 0 Å². The molecule has 0 saturated carbocycles. The Hall–Kier alpha value is -2.08. The number of likely N-dealkylation sites (tertiary alicyclic amines) is 2. The fourth-order valence-corrected chi connectivity index (χ4v) is 4.42. The quantitative estimate of drug-likeness (QED) is 0.775. The van der Waals surface area contributed by atoms with Crippen LogP contribution in [0.25, 0.3) is 0 Å². The Labute approximate surface area is 148 Å². The molecule has 4 rings (SSSR count). The van der Waals surface area contributed by atoms with Crippen LogP contribution in [-0.4, -0.2) is 66.5 Å². The van der Waals surface area contributed by atoms with Gasteiger partial charge in [-0.1, -0.05) is 12.1 Å². The Morgan fingerprint density at radius 1 is 1.20 bits per heavy atom. The summed E-state index contributed by atoms with van der Waals surface area (Å²) in [5.74, 6) is 1.07. The Kier molecular flexibility index (Phi) is 4.15. The Morgan fingerprint density at radius 2 is 1.92 bits per heavy atom. The molecule has 0 spiro atoms. The van der Waals surface area contributed by atoms with Crippen LogP contribution in [0, 0.1) is 0 Å². The summed E-state index contributed by atoms with van der Waals surface area (Å²) in [6.45, 7) is 3.96. The summed E-state index contributed by atoms with van der Waals surface area (Å²) >= 11 is 0. The van der Waals surface area contributed by atoms with Gasteiger partial charge in [-0.3, -0.25) is 14.5 Å². The summed E-state index contributed by atoms with van der Waals surface area (Å²) in [6.07, 6.45) is 2.64. The summed E-state index contributed by atoms with van der Waals surface area (Å²) in [5, 5.41) is 0. The molecule has 2 fully saturated rings. The number of rotatable bonds is 1. The maximum absolute atomic E-state index is 13.1. The smallest absolute Gasteiger partial charge is 0.244 e. The summed E-state index contributed by atoms with van der Waals surface area (Å²) in [4.78, 5) is 30.6. The molecule has 1 aromatic rings. The molecule has 3 aliphatic heterocycles. The molecule has 2 saturated heterocycles. The van der Waals surface area contributed by atoms with Crippen molar-refractivity contribution in [1.82, 2.24) is 9.80 Å². The van der Waals surface area contributed by atoms with E-state index in [1.165, 1.54) is 0 Å². The van der Waals surface area contributed by atoms with Crippen LogP contribution in [0.4, 0.5) is 5.69 Å². The van der Waals surface area contributed by atoms with E-state index in [4.69, 9.17) is 4.74 Å². The number of anilines is 1. The predicted octanol–water partition coefficient (Wildman–Crippen LogP) is 1.50. The predicted molar refractivity (Wildman–Crippen MR) is 94.7 cm³/mol. The molecule has 2 amide bonds. The first-order chi connectivity index (χ1) is 12.0. The zero-order valence-electron chi connectivity index (χ0n) is 14.9. The Bertz CT molecular complexity index is 684. The highest BCUT2D eigenvalue weighted by molar-refractivity contribution is 5.98. The van der Waals surface area contributed by atoms with Gasteiger partial charge in [0.15, 0.2) is 0 Å². The molecular formula is C19H25N3O3. The van der Waals surface area contributed by atoms with Crippen molar-refractivity contribution in [3.63, 3.8) is 0 Å². The second kappa shape index (κ2) is 6.33. The fraction of sp³-hybridized carbons (Fsp3) is 0.579. The number of nitrogens with zero attached hydrogens (tertiary/aromatic N) is 3. The van der Waals surface area contributed by atoms with Gasteiger partial charge in [0, 0.05) is 46.1 Å². The maximum Gasteiger partial charge on any atom is 0.244 e. The van der Waals surface area contributed by atoms with Crippen molar-refractivity contribution < 1.29 is 14.3 Å².